The molecule has 1 aliphatic heterocycles. The Bertz CT molecular complexity index is 541. The molecule has 0 aliphatic carbocycles. The minimum Gasteiger partial charge on any atom is -0.479 e. The monoisotopic (exact) mass is 281 g/mol. The Kier molecular flexibility index (Phi) is 3.87. The third-order valence-electron chi connectivity index (χ3n) is 2.90. The van der Waals surface area contributed by atoms with Crippen LogP contribution in [0.15, 0.2) is 12.4 Å². The van der Waals surface area contributed by atoms with Crippen LogP contribution in [0.1, 0.15) is 11.6 Å². The van der Waals surface area contributed by atoms with Crippen molar-refractivity contribution in [2.45, 2.75) is 6.04 Å². The second-order valence-electron chi connectivity index (χ2n) is 4.44. The van der Waals surface area contributed by atoms with Crippen LogP contribution in [0, 0.1) is 0 Å². The molecule has 0 aromatic carbocycles. The zero-order chi connectivity index (χ0) is 14.7. The number of rotatable bonds is 3. The van der Waals surface area contributed by atoms with Gasteiger partial charge in [-0.1, -0.05) is 0 Å². The fourth-order valence-corrected chi connectivity index (χ4v) is 1.90. The van der Waals surface area contributed by atoms with Gasteiger partial charge in [-0.25, -0.2) is 9.59 Å². The Morgan fingerprint density at radius 1 is 1.55 bits per heavy atom. The van der Waals surface area contributed by atoms with Gasteiger partial charge in [-0.05, 0) is 0 Å². The largest absolute Gasteiger partial charge is 0.479 e. The molecule has 1 aromatic rings. The lowest BCUT2D eigenvalue weighted by Crippen LogP contribution is -2.54. The van der Waals surface area contributed by atoms with E-state index >= 15 is 0 Å². The third-order valence-corrected chi connectivity index (χ3v) is 2.90. The fraction of sp³-hybridized carbons (Fsp3) is 0.455. The quantitative estimate of drug-likeness (QED) is 0.636. The van der Waals surface area contributed by atoms with Gasteiger partial charge in [0, 0.05) is 31.9 Å². The third kappa shape index (κ3) is 3.05. The van der Waals surface area contributed by atoms with Crippen molar-refractivity contribution in [3.63, 3.8) is 0 Å². The Labute approximate surface area is 114 Å². The van der Waals surface area contributed by atoms with E-state index in [2.05, 4.69) is 15.7 Å². The van der Waals surface area contributed by atoms with E-state index in [1.807, 2.05) is 0 Å². The van der Waals surface area contributed by atoms with Crippen molar-refractivity contribution in [2.75, 3.05) is 19.6 Å². The summed E-state index contributed by atoms with van der Waals surface area (Å²) < 4.78 is 1.45. The zero-order valence-electron chi connectivity index (χ0n) is 10.9. The average Bonchev–Trinajstić information content (AvgIpc) is 2.81. The number of piperazine rings is 1. The van der Waals surface area contributed by atoms with Gasteiger partial charge in [0.1, 0.15) is 6.54 Å². The lowest BCUT2D eigenvalue weighted by Gasteiger charge is -2.28. The van der Waals surface area contributed by atoms with Crippen LogP contribution in [0.3, 0.4) is 0 Å². The second kappa shape index (κ2) is 5.59. The van der Waals surface area contributed by atoms with Crippen molar-refractivity contribution >= 4 is 17.9 Å². The first kappa shape index (κ1) is 13.8. The molecule has 1 fully saturated rings. The molecule has 1 atom stereocenters. The van der Waals surface area contributed by atoms with Crippen LogP contribution in [0.2, 0.25) is 0 Å². The number of nitrogens with zero attached hydrogens (tertiary/aromatic N) is 3. The predicted molar refractivity (Wildman–Crippen MR) is 66.7 cm³/mol. The molecule has 1 saturated heterocycles. The highest BCUT2D eigenvalue weighted by molar-refractivity contribution is 5.87. The molecule has 9 nitrogen and oxygen atoms in total. The molecule has 0 saturated carbocycles. The molecule has 2 heterocycles. The van der Waals surface area contributed by atoms with E-state index in [1.54, 1.807) is 7.05 Å². The number of nitrogens with one attached hydrogen (secondary N) is 2. The van der Waals surface area contributed by atoms with E-state index < -0.39 is 18.0 Å². The summed E-state index contributed by atoms with van der Waals surface area (Å²) in [6.07, 6.45) is 2.89. The summed E-state index contributed by atoms with van der Waals surface area (Å²) in [5, 5.41) is 18.0. The highest BCUT2D eigenvalue weighted by Crippen LogP contribution is 2.12. The van der Waals surface area contributed by atoms with Crippen LogP contribution in [0.5, 0.6) is 0 Å². The number of amides is 3. The molecule has 1 aromatic heterocycles. The number of carbonyl (C=O) groups excluding carboxylic acids is 2. The van der Waals surface area contributed by atoms with Gasteiger partial charge in [0.05, 0.1) is 6.20 Å². The minimum absolute atomic E-state index is 0.0782. The molecular formula is C11H15N5O4. The van der Waals surface area contributed by atoms with E-state index in [-0.39, 0.29) is 12.5 Å². The van der Waals surface area contributed by atoms with E-state index in [9.17, 15) is 19.5 Å². The first-order valence-electron chi connectivity index (χ1n) is 6.01. The first-order valence-corrected chi connectivity index (χ1v) is 6.01. The number of carboxylic acids is 1. The van der Waals surface area contributed by atoms with Crippen LogP contribution >= 0.6 is 0 Å². The van der Waals surface area contributed by atoms with Crippen molar-refractivity contribution < 1.29 is 19.5 Å². The number of aryl methyl sites for hydroxylation is 1. The molecular weight excluding hydrogens is 266 g/mol. The van der Waals surface area contributed by atoms with Gasteiger partial charge in [0.15, 0.2) is 6.04 Å². The maximum absolute atomic E-state index is 12.0. The molecule has 2 rings (SSSR count). The molecule has 1 unspecified atom stereocenters. The van der Waals surface area contributed by atoms with E-state index in [4.69, 9.17) is 0 Å². The van der Waals surface area contributed by atoms with Crippen LogP contribution in [-0.2, 0) is 16.6 Å². The number of hydrogen-bond donors (Lipinski definition) is 3. The highest BCUT2D eigenvalue weighted by atomic mass is 16.4. The molecule has 0 bridgehead atoms. The average molecular weight is 281 g/mol. The highest BCUT2D eigenvalue weighted by Gasteiger charge is 2.28. The summed E-state index contributed by atoms with van der Waals surface area (Å²) in [6.45, 7) is 0.624. The zero-order valence-corrected chi connectivity index (χ0v) is 10.9. The van der Waals surface area contributed by atoms with E-state index in [0.29, 0.717) is 18.7 Å². The van der Waals surface area contributed by atoms with E-state index in [0.717, 1.165) is 0 Å². The summed E-state index contributed by atoms with van der Waals surface area (Å²) in [5.74, 6) is -1.45. The van der Waals surface area contributed by atoms with Crippen molar-refractivity contribution in [1.82, 2.24) is 25.3 Å². The standard InChI is InChI=1S/C11H15N5O4/c1-15-5-7(4-13-15)9(10(18)19)14-11(20)16-3-2-12-8(17)6-16/h4-5,9H,2-3,6H2,1H3,(H,12,17)(H,14,20)(H,18,19). The number of carbonyl (C=O) groups is 3. The summed E-state index contributed by atoms with van der Waals surface area (Å²) in [5.41, 5.74) is 0.370. The minimum atomic E-state index is -1.19. The number of urea groups is 1. The van der Waals surface area contributed by atoms with Gasteiger partial charge in [-0.2, -0.15) is 5.10 Å². The topological polar surface area (TPSA) is 117 Å². The number of carboxylic acid groups (broad SMARTS) is 1. The molecule has 0 spiro atoms. The maximum Gasteiger partial charge on any atom is 0.331 e. The molecule has 108 valence electrons. The van der Waals surface area contributed by atoms with Crippen molar-refractivity contribution in [3.05, 3.63) is 18.0 Å². The van der Waals surface area contributed by atoms with Gasteiger partial charge >= 0.3 is 12.0 Å². The Hall–Kier alpha value is -2.58. The molecule has 9 heteroatoms. The second-order valence-corrected chi connectivity index (χ2v) is 4.44. The van der Waals surface area contributed by atoms with Gasteiger partial charge < -0.3 is 20.6 Å². The Balaban J connectivity index is 2.06. The van der Waals surface area contributed by atoms with Gasteiger partial charge in [-0.3, -0.25) is 9.48 Å². The van der Waals surface area contributed by atoms with Crippen molar-refractivity contribution in [3.8, 4) is 0 Å². The number of hydrogen-bond acceptors (Lipinski definition) is 4. The van der Waals surface area contributed by atoms with Crippen LogP contribution in [0.25, 0.3) is 0 Å². The summed E-state index contributed by atoms with van der Waals surface area (Å²) >= 11 is 0. The molecule has 3 N–H and O–H groups in total. The smallest absolute Gasteiger partial charge is 0.331 e. The number of aliphatic carboxylic acids is 1. The maximum atomic E-state index is 12.0. The van der Waals surface area contributed by atoms with E-state index in [1.165, 1.54) is 22.0 Å². The van der Waals surface area contributed by atoms with Gasteiger partial charge in [-0.15, -0.1) is 0 Å². The first-order chi connectivity index (χ1) is 9.47. The Morgan fingerprint density at radius 3 is 2.85 bits per heavy atom. The summed E-state index contributed by atoms with van der Waals surface area (Å²) in [6, 6.07) is -1.78. The normalized spacial score (nSPS) is 16.4. The lowest BCUT2D eigenvalue weighted by molar-refractivity contribution is -0.139. The van der Waals surface area contributed by atoms with Crippen LogP contribution in [0.4, 0.5) is 4.79 Å². The molecule has 20 heavy (non-hydrogen) atoms. The molecule has 1 aliphatic rings. The molecule has 3 amide bonds. The SMILES string of the molecule is Cn1cc(C(NC(=O)N2CCNC(=O)C2)C(=O)O)cn1. The molecule has 0 radical (unpaired) electrons. The lowest BCUT2D eigenvalue weighted by atomic mass is 10.1. The van der Waals surface area contributed by atoms with Gasteiger partial charge in [0.25, 0.3) is 0 Å². The van der Waals surface area contributed by atoms with Crippen LogP contribution in [-0.4, -0.2) is 57.3 Å². The van der Waals surface area contributed by atoms with Crippen molar-refractivity contribution in [1.29, 1.82) is 0 Å². The van der Waals surface area contributed by atoms with Gasteiger partial charge in [0.2, 0.25) is 5.91 Å². The predicted octanol–water partition coefficient (Wildman–Crippen LogP) is -1.31. The van der Waals surface area contributed by atoms with Crippen molar-refractivity contribution in [2.24, 2.45) is 7.05 Å². The van der Waals surface area contributed by atoms with Crippen LogP contribution < -0.4 is 10.6 Å². The fourth-order valence-electron chi connectivity index (χ4n) is 1.90. The Morgan fingerprint density at radius 2 is 2.30 bits per heavy atom. The summed E-state index contributed by atoms with van der Waals surface area (Å²) in [7, 11) is 1.65. The summed E-state index contributed by atoms with van der Waals surface area (Å²) in [4.78, 5) is 35.7. The number of aromatic nitrogens is 2.